The van der Waals surface area contributed by atoms with Crippen molar-refractivity contribution in [2.75, 3.05) is 30.8 Å². The second kappa shape index (κ2) is 13.1. The van der Waals surface area contributed by atoms with Crippen LogP contribution in [0.4, 0.5) is 5.69 Å². The van der Waals surface area contributed by atoms with E-state index in [4.69, 9.17) is 4.74 Å². The third kappa shape index (κ3) is 7.99. The lowest BCUT2D eigenvalue weighted by atomic mass is 10.1. The molecule has 0 aliphatic rings. The maximum Gasteiger partial charge on any atom is 0.244 e. The van der Waals surface area contributed by atoms with E-state index in [0.717, 1.165) is 34.5 Å². The number of sulfonamides is 1. The number of benzene rings is 2. The highest BCUT2D eigenvalue weighted by Crippen LogP contribution is 2.29. The average Bonchev–Trinajstić information content (AvgIpc) is 2.83. The normalized spacial score (nSPS) is 12.0. The van der Waals surface area contributed by atoms with Gasteiger partial charge in [0.05, 0.1) is 19.1 Å². The molecule has 2 rings (SSSR count). The Morgan fingerprint density at radius 2 is 1.71 bits per heavy atom. The van der Waals surface area contributed by atoms with Crippen molar-refractivity contribution in [1.29, 1.82) is 0 Å². The second-order valence-corrected chi connectivity index (χ2v) is 10.4. The van der Waals surface area contributed by atoms with Crippen molar-refractivity contribution in [2.45, 2.75) is 52.6 Å². The predicted octanol–water partition coefficient (Wildman–Crippen LogP) is 3.49. The van der Waals surface area contributed by atoms with Gasteiger partial charge in [-0.2, -0.15) is 0 Å². The lowest BCUT2D eigenvalue weighted by Gasteiger charge is -2.33. The molecule has 2 amide bonds. The minimum atomic E-state index is -3.82. The molecule has 0 radical (unpaired) electrons. The summed E-state index contributed by atoms with van der Waals surface area (Å²) in [5, 5.41) is 2.91. The van der Waals surface area contributed by atoms with E-state index in [9.17, 15) is 18.0 Å². The molecule has 2 aromatic carbocycles. The molecule has 8 nitrogen and oxygen atoms in total. The average molecular weight is 504 g/mol. The molecule has 0 heterocycles. The van der Waals surface area contributed by atoms with Gasteiger partial charge in [-0.05, 0) is 37.5 Å². The number of carbonyl (C=O) groups is 2. The molecule has 192 valence electrons. The first-order chi connectivity index (χ1) is 16.6. The number of nitrogens with one attached hydrogen (secondary N) is 1. The standard InChI is InChI=1S/C26H37N3O5S/c1-6-8-17-27-26(31)22(7-2)28(18-21-15-13-20(3)14-16-21)25(30)19-29(35(5,32)33)23-11-9-10-12-24(23)34-4/h9-16,22H,6-8,17-19H2,1-5H3,(H,27,31)/t22-/m1/s1. The predicted molar refractivity (Wildman–Crippen MR) is 139 cm³/mol. The van der Waals surface area contributed by atoms with E-state index in [1.54, 1.807) is 24.3 Å². The third-order valence-corrected chi connectivity index (χ3v) is 6.85. The summed E-state index contributed by atoms with van der Waals surface area (Å²) in [5.41, 5.74) is 2.20. The van der Waals surface area contributed by atoms with Gasteiger partial charge in [0.15, 0.2) is 0 Å². The van der Waals surface area contributed by atoms with Crippen LogP contribution < -0.4 is 14.4 Å². The van der Waals surface area contributed by atoms with Crippen molar-refractivity contribution >= 4 is 27.5 Å². The number of anilines is 1. The number of unbranched alkanes of at least 4 members (excludes halogenated alkanes) is 1. The molecule has 0 aliphatic carbocycles. The van der Waals surface area contributed by atoms with E-state index in [1.165, 1.54) is 12.0 Å². The van der Waals surface area contributed by atoms with Gasteiger partial charge in [-0.15, -0.1) is 0 Å². The molecule has 0 unspecified atom stereocenters. The van der Waals surface area contributed by atoms with Gasteiger partial charge >= 0.3 is 0 Å². The zero-order valence-corrected chi connectivity index (χ0v) is 22.1. The van der Waals surface area contributed by atoms with Crippen molar-refractivity contribution in [3.63, 3.8) is 0 Å². The summed E-state index contributed by atoms with van der Waals surface area (Å²) in [6, 6.07) is 13.6. The Labute approximate surface area is 209 Å². The van der Waals surface area contributed by atoms with Gasteiger partial charge < -0.3 is 15.0 Å². The maximum absolute atomic E-state index is 13.7. The number of ether oxygens (including phenoxy) is 1. The first-order valence-electron chi connectivity index (χ1n) is 11.9. The molecule has 0 aliphatic heterocycles. The van der Waals surface area contributed by atoms with E-state index < -0.39 is 28.5 Å². The second-order valence-electron chi connectivity index (χ2n) is 8.52. The summed E-state index contributed by atoms with van der Waals surface area (Å²) in [5.74, 6) is -0.385. The highest BCUT2D eigenvalue weighted by Gasteiger charge is 2.32. The summed E-state index contributed by atoms with van der Waals surface area (Å²) in [6.45, 7) is 6.10. The van der Waals surface area contributed by atoms with Crippen LogP contribution in [-0.4, -0.2) is 57.6 Å². The molecule has 0 bridgehead atoms. The van der Waals surface area contributed by atoms with Crippen LogP contribution >= 0.6 is 0 Å². The lowest BCUT2D eigenvalue weighted by Crippen LogP contribution is -2.52. The van der Waals surface area contributed by atoms with Crippen LogP contribution in [0.3, 0.4) is 0 Å². The van der Waals surface area contributed by atoms with Crippen LogP contribution in [0, 0.1) is 6.92 Å². The molecule has 1 atom stereocenters. The SMILES string of the molecule is CCCCNC(=O)[C@@H](CC)N(Cc1ccc(C)cc1)C(=O)CN(c1ccccc1OC)S(C)(=O)=O. The number of rotatable bonds is 13. The summed E-state index contributed by atoms with van der Waals surface area (Å²) in [6.07, 6.45) is 3.21. The maximum atomic E-state index is 13.7. The summed E-state index contributed by atoms with van der Waals surface area (Å²) in [7, 11) is -2.38. The van der Waals surface area contributed by atoms with Gasteiger partial charge in [0.25, 0.3) is 0 Å². The fourth-order valence-corrected chi connectivity index (χ4v) is 4.60. The Morgan fingerprint density at radius 1 is 1.06 bits per heavy atom. The van der Waals surface area contributed by atoms with Gasteiger partial charge in [0, 0.05) is 13.1 Å². The Morgan fingerprint density at radius 3 is 2.29 bits per heavy atom. The zero-order valence-electron chi connectivity index (χ0n) is 21.3. The molecular weight excluding hydrogens is 466 g/mol. The van der Waals surface area contributed by atoms with Crippen molar-refractivity contribution in [1.82, 2.24) is 10.2 Å². The Bertz CT molecular complexity index is 1090. The third-order valence-electron chi connectivity index (χ3n) is 5.72. The lowest BCUT2D eigenvalue weighted by molar-refractivity contribution is -0.140. The Hall–Kier alpha value is -3.07. The minimum absolute atomic E-state index is 0.183. The molecule has 0 saturated carbocycles. The van der Waals surface area contributed by atoms with Crippen molar-refractivity contribution in [2.24, 2.45) is 0 Å². The Kier molecular flexibility index (Phi) is 10.6. The monoisotopic (exact) mass is 503 g/mol. The highest BCUT2D eigenvalue weighted by molar-refractivity contribution is 7.92. The molecule has 9 heteroatoms. The molecule has 0 aromatic heterocycles. The fraction of sp³-hybridized carbons (Fsp3) is 0.462. The topological polar surface area (TPSA) is 96.0 Å². The van der Waals surface area contributed by atoms with Crippen LogP contribution in [0.1, 0.15) is 44.2 Å². The summed E-state index contributed by atoms with van der Waals surface area (Å²) < 4.78 is 31.8. The largest absolute Gasteiger partial charge is 0.495 e. The van der Waals surface area contributed by atoms with E-state index >= 15 is 0 Å². The van der Waals surface area contributed by atoms with Crippen LogP contribution in [0.5, 0.6) is 5.75 Å². The number of nitrogens with zero attached hydrogens (tertiary/aromatic N) is 2. The van der Waals surface area contributed by atoms with Crippen molar-refractivity contribution in [3.8, 4) is 5.75 Å². The van der Waals surface area contributed by atoms with Crippen LogP contribution in [0.15, 0.2) is 48.5 Å². The smallest absolute Gasteiger partial charge is 0.244 e. The highest BCUT2D eigenvalue weighted by atomic mass is 32.2. The molecule has 2 aromatic rings. The van der Waals surface area contributed by atoms with Gasteiger partial charge in [0.1, 0.15) is 18.3 Å². The first kappa shape index (κ1) is 28.2. The molecule has 0 spiro atoms. The van der Waals surface area contributed by atoms with Gasteiger partial charge in [-0.3, -0.25) is 13.9 Å². The van der Waals surface area contributed by atoms with Crippen LogP contribution in [-0.2, 0) is 26.2 Å². The number of hydrogen-bond donors (Lipinski definition) is 1. The fourth-order valence-electron chi connectivity index (χ4n) is 3.75. The van der Waals surface area contributed by atoms with E-state index in [0.29, 0.717) is 18.7 Å². The van der Waals surface area contributed by atoms with E-state index in [1.807, 2.05) is 45.0 Å². The first-order valence-corrected chi connectivity index (χ1v) is 13.7. The number of methoxy groups -OCH3 is 1. The molecule has 35 heavy (non-hydrogen) atoms. The minimum Gasteiger partial charge on any atom is -0.495 e. The van der Waals surface area contributed by atoms with Crippen LogP contribution in [0.2, 0.25) is 0 Å². The van der Waals surface area contributed by atoms with Gasteiger partial charge in [0.2, 0.25) is 21.8 Å². The van der Waals surface area contributed by atoms with Gasteiger partial charge in [-0.1, -0.05) is 62.2 Å². The molecule has 0 saturated heterocycles. The quantitative estimate of drug-likeness (QED) is 0.422. The number of aryl methyl sites for hydroxylation is 1. The van der Waals surface area contributed by atoms with E-state index in [-0.39, 0.29) is 18.1 Å². The Balaban J connectivity index is 2.43. The van der Waals surface area contributed by atoms with Crippen molar-refractivity contribution < 1.29 is 22.7 Å². The molecule has 0 fully saturated rings. The number of hydrogen-bond acceptors (Lipinski definition) is 5. The molecule has 1 N–H and O–H groups in total. The number of carbonyl (C=O) groups excluding carboxylic acids is 2. The van der Waals surface area contributed by atoms with Gasteiger partial charge in [-0.25, -0.2) is 8.42 Å². The number of para-hydroxylation sites is 2. The van der Waals surface area contributed by atoms with Crippen LogP contribution in [0.25, 0.3) is 0 Å². The summed E-state index contributed by atoms with van der Waals surface area (Å²) in [4.78, 5) is 28.2. The zero-order chi connectivity index (χ0) is 26.0. The molecular formula is C26H37N3O5S. The number of amides is 2. The van der Waals surface area contributed by atoms with E-state index in [2.05, 4.69) is 5.32 Å². The summed E-state index contributed by atoms with van der Waals surface area (Å²) >= 11 is 0. The van der Waals surface area contributed by atoms with Crippen molar-refractivity contribution in [3.05, 3.63) is 59.7 Å².